The molecular formula is C23H19BrF3N5O4. The Kier molecular flexibility index (Phi) is 8.84. The number of nitrogens with zero attached hydrogens (tertiary/aromatic N) is 2. The van der Waals surface area contributed by atoms with Crippen molar-refractivity contribution in [2.45, 2.75) is 13.1 Å². The number of rotatable bonds is 7. The minimum atomic E-state index is -1.65. The molecule has 188 valence electrons. The predicted molar refractivity (Wildman–Crippen MR) is 129 cm³/mol. The topological polar surface area (TPSA) is 116 Å². The average molecular weight is 566 g/mol. The molecule has 0 aliphatic rings. The quantitative estimate of drug-likeness (QED) is 0.174. The molecule has 3 N–H and O–H groups in total. The van der Waals surface area contributed by atoms with Gasteiger partial charge in [-0.15, -0.1) is 0 Å². The standard InChI is InChI=1S/C23H19BrF3N5O4/c1-36-15-4-5-19(16(24)9-15)30-22(29-12-33)31-23(35)32(11-14-3-2-6-28-21(14)34)10-13-7-17(25)20(27)18(26)8-13/h2-9,12H,10-11H2,1H3,(H,28,34)(H2,29,30,31,33,35). The molecule has 0 fully saturated rings. The number of pyridine rings is 1. The van der Waals surface area contributed by atoms with Gasteiger partial charge in [0.05, 0.1) is 19.3 Å². The molecule has 2 aromatic carbocycles. The zero-order chi connectivity index (χ0) is 26.2. The lowest BCUT2D eigenvalue weighted by Crippen LogP contribution is -2.35. The molecule has 3 amide bonds. The smallest absolute Gasteiger partial charge is 0.347 e. The third kappa shape index (κ3) is 6.72. The highest BCUT2D eigenvalue weighted by Crippen LogP contribution is 2.27. The van der Waals surface area contributed by atoms with Gasteiger partial charge in [-0.2, -0.15) is 4.99 Å². The van der Waals surface area contributed by atoms with Crippen molar-refractivity contribution >= 4 is 40.0 Å². The van der Waals surface area contributed by atoms with Crippen molar-refractivity contribution in [3.05, 3.63) is 92.1 Å². The van der Waals surface area contributed by atoms with Crippen molar-refractivity contribution in [2.75, 3.05) is 12.4 Å². The normalized spacial score (nSPS) is 11.1. The van der Waals surface area contributed by atoms with Crippen molar-refractivity contribution in [1.82, 2.24) is 15.2 Å². The van der Waals surface area contributed by atoms with Gasteiger partial charge in [0.1, 0.15) is 5.75 Å². The SMILES string of the molecule is COc1ccc(N/C(=N/C(=O)N(Cc2cc(F)c(F)c(F)c2)Cc2ccc[nH]c2=O)NC=O)c(Br)c1. The minimum Gasteiger partial charge on any atom is -0.497 e. The van der Waals surface area contributed by atoms with E-state index in [1.165, 1.54) is 25.4 Å². The molecule has 0 radical (unpaired) electrons. The number of aromatic amines is 1. The molecule has 9 nitrogen and oxygen atoms in total. The predicted octanol–water partition coefficient (Wildman–Crippen LogP) is 3.90. The number of carbonyl (C=O) groups is 2. The van der Waals surface area contributed by atoms with E-state index in [2.05, 4.69) is 36.5 Å². The summed E-state index contributed by atoms with van der Waals surface area (Å²) in [7, 11) is 1.49. The molecule has 0 aliphatic carbocycles. The van der Waals surface area contributed by atoms with E-state index in [1.807, 2.05) is 0 Å². The van der Waals surface area contributed by atoms with Gasteiger partial charge in [0.2, 0.25) is 12.4 Å². The van der Waals surface area contributed by atoms with Gasteiger partial charge in [0, 0.05) is 22.8 Å². The monoisotopic (exact) mass is 565 g/mol. The van der Waals surface area contributed by atoms with Crippen LogP contribution in [0.2, 0.25) is 0 Å². The second-order valence-electron chi connectivity index (χ2n) is 7.23. The summed E-state index contributed by atoms with van der Waals surface area (Å²) in [5.41, 5.74) is -0.00868. The van der Waals surface area contributed by atoms with Crippen LogP contribution in [0.25, 0.3) is 0 Å². The van der Waals surface area contributed by atoms with Crippen LogP contribution >= 0.6 is 15.9 Å². The molecule has 1 aromatic heterocycles. The second kappa shape index (κ2) is 12.0. The summed E-state index contributed by atoms with van der Waals surface area (Å²) in [6.07, 6.45) is 1.68. The fourth-order valence-electron chi connectivity index (χ4n) is 3.07. The number of hydrogen-bond donors (Lipinski definition) is 3. The summed E-state index contributed by atoms with van der Waals surface area (Å²) in [6, 6.07) is 8.33. The Hall–Kier alpha value is -4.13. The zero-order valence-corrected chi connectivity index (χ0v) is 20.2. The summed E-state index contributed by atoms with van der Waals surface area (Å²) in [4.78, 5) is 43.7. The summed E-state index contributed by atoms with van der Waals surface area (Å²) in [6.45, 7) is -0.731. The first kappa shape index (κ1) is 26.5. The van der Waals surface area contributed by atoms with Crippen LogP contribution in [0.1, 0.15) is 11.1 Å². The number of anilines is 1. The van der Waals surface area contributed by atoms with Gasteiger partial charge in [-0.25, -0.2) is 18.0 Å². The molecule has 36 heavy (non-hydrogen) atoms. The van der Waals surface area contributed by atoms with Gasteiger partial charge in [-0.3, -0.25) is 14.9 Å². The van der Waals surface area contributed by atoms with Gasteiger partial charge in [0.25, 0.3) is 5.56 Å². The van der Waals surface area contributed by atoms with E-state index in [0.29, 0.717) is 15.9 Å². The van der Waals surface area contributed by atoms with Crippen LogP contribution in [0.15, 0.2) is 62.9 Å². The summed E-state index contributed by atoms with van der Waals surface area (Å²) in [5, 5.41) is 5.03. The fourth-order valence-corrected chi connectivity index (χ4v) is 3.52. The number of H-pyrrole nitrogens is 1. The number of urea groups is 1. The molecule has 3 aromatic rings. The summed E-state index contributed by atoms with van der Waals surface area (Å²) < 4.78 is 46.5. The molecule has 0 aliphatic heterocycles. The van der Waals surface area contributed by atoms with E-state index in [9.17, 15) is 27.6 Å². The zero-order valence-electron chi connectivity index (χ0n) is 18.6. The minimum absolute atomic E-state index is 0.0851. The number of amides is 3. The lowest BCUT2D eigenvalue weighted by atomic mass is 10.1. The molecule has 1 heterocycles. The summed E-state index contributed by atoms with van der Waals surface area (Å²) in [5.74, 6) is -4.26. The largest absolute Gasteiger partial charge is 0.497 e. The van der Waals surface area contributed by atoms with Gasteiger partial charge in [-0.1, -0.05) is 6.07 Å². The number of nitrogens with one attached hydrogen (secondary N) is 3. The van der Waals surface area contributed by atoms with Gasteiger partial charge >= 0.3 is 6.03 Å². The van der Waals surface area contributed by atoms with Crippen molar-refractivity contribution < 1.29 is 27.5 Å². The van der Waals surface area contributed by atoms with Crippen molar-refractivity contribution in [3.8, 4) is 5.75 Å². The Labute approximate surface area is 211 Å². The number of benzene rings is 2. The number of carbonyl (C=O) groups excluding carboxylic acids is 2. The Morgan fingerprint density at radius 1 is 1.17 bits per heavy atom. The fraction of sp³-hybridized carbons (Fsp3) is 0.130. The maximum atomic E-state index is 13.8. The Balaban J connectivity index is 1.94. The third-order valence-corrected chi connectivity index (χ3v) is 5.44. The first-order valence-electron chi connectivity index (χ1n) is 10.2. The molecule has 0 unspecified atom stereocenters. The number of aromatic nitrogens is 1. The van der Waals surface area contributed by atoms with Crippen molar-refractivity contribution in [2.24, 2.45) is 4.99 Å². The van der Waals surface area contributed by atoms with Crippen LogP contribution in [0.5, 0.6) is 5.75 Å². The number of ether oxygens (including phenoxy) is 1. The number of guanidine groups is 1. The molecule has 0 bridgehead atoms. The number of aliphatic imine (C=N–C) groups is 1. The van der Waals surface area contributed by atoms with Crippen LogP contribution in [-0.2, 0) is 17.9 Å². The highest BCUT2D eigenvalue weighted by atomic mass is 79.9. The van der Waals surface area contributed by atoms with Crippen LogP contribution in [0.3, 0.4) is 0 Å². The van der Waals surface area contributed by atoms with E-state index >= 15 is 0 Å². The maximum Gasteiger partial charge on any atom is 0.347 e. The molecule has 0 saturated carbocycles. The number of halogens is 4. The van der Waals surface area contributed by atoms with Crippen LogP contribution in [-0.4, -0.2) is 35.4 Å². The van der Waals surface area contributed by atoms with Gasteiger partial charge < -0.3 is 19.9 Å². The molecule has 0 spiro atoms. The van der Waals surface area contributed by atoms with E-state index in [0.717, 1.165) is 17.0 Å². The van der Waals surface area contributed by atoms with Crippen LogP contribution in [0.4, 0.5) is 23.7 Å². The maximum absolute atomic E-state index is 13.8. The Morgan fingerprint density at radius 2 is 1.89 bits per heavy atom. The summed E-state index contributed by atoms with van der Waals surface area (Å²) >= 11 is 3.33. The third-order valence-electron chi connectivity index (χ3n) is 4.78. The van der Waals surface area contributed by atoms with E-state index in [-0.39, 0.29) is 30.0 Å². The highest BCUT2D eigenvalue weighted by molar-refractivity contribution is 9.10. The van der Waals surface area contributed by atoms with Crippen LogP contribution in [0, 0.1) is 17.5 Å². The second-order valence-corrected chi connectivity index (χ2v) is 8.08. The first-order chi connectivity index (χ1) is 17.2. The van der Waals surface area contributed by atoms with Gasteiger partial charge in [-0.05, 0) is 57.9 Å². The Morgan fingerprint density at radius 3 is 2.50 bits per heavy atom. The lowest BCUT2D eigenvalue weighted by molar-refractivity contribution is -0.108. The number of hydrogen-bond acceptors (Lipinski definition) is 4. The first-order valence-corrected chi connectivity index (χ1v) is 11.0. The molecular weight excluding hydrogens is 547 g/mol. The average Bonchev–Trinajstić information content (AvgIpc) is 2.84. The molecule has 13 heteroatoms. The van der Waals surface area contributed by atoms with E-state index in [4.69, 9.17) is 4.74 Å². The highest BCUT2D eigenvalue weighted by Gasteiger charge is 2.19. The molecule has 0 atom stereocenters. The molecule has 0 saturated heterocycles. The van der Waals surface area contributed by atoms with Gasteiger partial charge in [0.15, 0.2) is 17.5 Å². The Bertz CT molecular complexity index is 1340. The molecule has 3 rings (SSSR count). The lowest BCUT2D eigenvalue weighted by Gasteiger charge is -2.21. The van der Waals surface area contributed by atoms with Crippen molar-refractivity contribution in [3.63, 3.8) is 0 Å². The number of methoxy groups -OCH3 is 1. The van der Waals surface area contributed by atoms with Crippen molar-refractivity contribution in [1.29, 1.82) is 0 Å². The van der Waals surface area contributed by atoms with Crippen LogP contribution < -0.4 is 20.9 Å². The van der Waals surface area contributed by atoms with E-state index < -0.39 is 35.6 Å². The van der Waals surface area contributed by atoms with E-state index in [1.54, 1.807) is 18.2 Å².